The molecule has 0 aliphatic rings. The van der Waals surface area contributed by atoms with Gasteiger partial charge in [-0.15, -0.1) is 0 Å². The van der Waals surface area contributed by atoms with Crippen molar-refractivity contribution >= 4 is 0 Å². The van der Waals surface area contributed by atoms with Crippen LogP contribution in [0, 0.1) is 0 Å². The first-order valence-electron chi connectivity index (χ1n) is 7.10. The molecule has 3 nitrogen and oxygen atoms in total. The van der Waals surface area contributed by atoms with Gasteiger partial charge in [-0.1, -0.05) is 45.1 Å². The van der Waals surface area contributed by atoms with E-state index in [4.69, 9.17) is 10.5 Å². The first-order valence-corrected chi connectivity index (χ1v) is 7.10. The summed E-state index contributed by atoms with van der Waals surface area (Å²) in [6.45, 7) is 3.55. The van der Waals surface area contributed by atoms with Gasteiger partial charge in [-0.3, -0.25) is 4.98 Å². The molecule has 0 aliphatic heterocycles. The molecule has 3 heteroatoms. The van der Waals surface area contributed by atoms with Crippen molar-refractivity contribution < 1.29 is 4.74 Å². The summed E-state index contributed by atoms with van der Waals surface area (Å²) in [7, 11) is 0. The van der Waals surface area contributed by atoms with Crippen molar-refractivity contribution in [3.8, 4) is 0 Å². The molecule has 0 saturated heterocycles. The van der Waals surface area contributed by atoms with E-state index in [1.165, 1.54) is 32.1 Å². The van der Waals surface area contributed by atoms with E-state index in [1.807, 2.05) is 18.3 Å². The van der Waals surface area contributed by atoms with Crippen LogP contribution in [-0.4, -0.2) is 18.1 Å². The Kier molecular flexibility index (Phi) is 8.43. The van der Waals surface area contributed by atoms with Crippen molar-refractivity contribution in [2.45, 2.75) is 51.6 Å². The summed E-state index contributed by atoms with van der Waals surface area (Å²) in [6.07, 6.45) is 11.3. The monoisotopic (exact) mass is 250 g/mol. The van der Waals surface area contributed by atoms with E-state index < -0.39 is 0 Å². The van der Waals surface area contributed by atoms with Crippen LogP contribution in [-0.2, 0) is 4.74 Å². The molecule has 0 radical (unpaired) electrons. The standard InChI is InChI=1S/C15H26N2O/c1-2-3-4-5-6-7-11-18-15(12-16)14-9-8-10-17-13-14/h8-10,13,15H,2-7,11-12,16H2,1H3. The molecule has 0 saturated carbocycles. The Balaban J connectivity index is 2.13. The number of nitrogens with zero attached hydrogens (tertiary/aromatic N) is 1. The fourth-order valence-electron chi connectivity index (χ4n) is 1.97. The van der Waals surface area contributed by atoms with E-state index in [0.29, 0.717) is 6.54 Å². The Hall–Kier alpha value is -0.930. The Morgan fingerprint density at radius 2 is 2.00 bits per heavy atom. The van der Waals surface area contributed by atoms with Gasteiger partial charge < -0.3 is 10.5 Å². The predicted molar refractivity (Wildman–Crippen MR) is 75.4 cm³/mol. The molecule has 0 fully saturated rings. The lowest BCUT2D eigenvalue weighted by Crippen LogP contribution is -2.16. The van der Waals surface area contributed by atoms with Gasteiger partial charge in [-0.05, 0) is 12.5 Å². The van der Waals surface area contributed by atoms with E-state index >= 15 is 0 Å². The molecule has 0 aromatic carbocycles. The van der Waals surface area contributed by atoms with E-state index in [1.54, 1.807) is 6.20 Å². The molecule has 1 aromatic rings. The number of pyridine rings is 1. The minimum absolute atomic E-state index is 0.00524. The third-order valence-corrected chi connectivity index (χ3v) is 3.09. The van der Waals surface area contributed by atoms with Crippen molar-refractivity contribution in [3.63, 3.8) is 0 Å². The molecule has 0 aliphatic carbocycles. The van der Waals surface area contributed by atoms with Crippen molar-refractivity contribution in [1.82, 2.24) is 4.98 Å². The Morgan fingerprint density at radius 1 is 1.22 bits per heavy atom. The highest BCUT2D eigenvalue weighted by Gasteiger charge is 2.09. The second-order valence-corrected chi connectivity index (χ2v) is 4.65. The quantitative estimate of drug-likeness (QED) is 0.647. The molecule has 18 heavy (non-hydrogen) atoms. The van der Waals surface area contributed by atoms with Crippen molar-refractivity contribution in [1.29, 1.82) is 0 Å². The summed E-state index contributed by atoms with van der Waals surface area (Å²) in [6, 6.07) is 3.94. The second kappa shape index (κ2) is 10.0. The molecule has 0 spiro atoms. The zero-order valence-corrected chi connectivity index (χ0v) is 11.5. The fourth-order valence-corrected chi connectivity index (χ4v) is 1.97. The summed E-state index contributed by atoms with van der Waals surface area (Å²) >= 11 is 0. The smallest absolute Gasteiger partial charge is 0.0961 e. The first-order chi connectivity index (χ1) is 8.88. The molecule has 102 valence electrons. The molecule has 1 aromatic heterocycles. The molecular weight excluding hydrogens is 224 g/mol. The summed E-state index contributed by atoms with van der Waals surface area (Å²) in [5.74, 6) is 0. The van der Waals surface area contributed by atoms with Gasteiger partial charge in [0.25, 0.3) is 0 Å². The first kappa shape index (κ1) is 15.1. The summed E-state index contributed by atoms with van der Waals surface area (Å²) in [5.41, 5.74) is 6.81. The maximum absolute atomic E-state index is 5.82. The highest BCUT2D eigenvalue weighted by molar-refractivity contribution is 5.12. The third-order valence-electron chi connectivity index (χ3n) is 3.09. The van der Waals surface area contributed by atoms with Crippen molar-refractivity contribution in [2.75, 3.05) is 13.2 Å². The Morgan fingerprint density at radius 3 is 2.67 bits per heavy atom. The minimum Gasteiger partial charge on any atom is -0.372 e. The molecule has 0 bridgehead atoms. The summed E-state index contributed by atoms with van der Waals surface area (Å²) in [4.78, 5) is 4.10. The van der Waals surface area contributed by atoms with Crippen LogP contribution < -0.4 is 5.73 Å². The fraction of sp³-hybridized carbons (Fsp3) is 0.667. The van der Waals surface area contributed by atoms with E-state index in [2.05, 4.69) is 11.9 Å². The van der Waals surface area contributed by atoms with Crippen LogP contribution >= 0.6 is 0 Å². The predicted octanol–water partition coefficient (Wildman–Crippen LogP) is 3.46. The van der Waals surface area contributed by atoms with Crippen LogP contribution in [0.1, 0.15) is 57.1 Å². The maximum Gasteiger partial charge on any atom is 0.0961 e. The van der Waals surface area contributed by atoms with Gasteiger partial charge in [0.15, 0.2) is 0 Å². The topological polar surface area (TPSA) is 48.1 Å². The normalized spacial score (nSPS) is 12.6. The number of unbranched alkanes of at least 4 members (excludes halogenated alkanes) is 5. The van der Waals surface area contributed by atoms with Gasteiger partial charge >= 0.3 is 0 Å². The molecule has 1 atom stereocenters. The highest BCUT2D eigenvalue weighted by atomic mass is 16.5. The third kappa shape index (κ3) is 6.12. The van der Waals surface area contributed by atoms with E-state index in [0.717, 1.165) is 18.6 Å². The lowest BCUT2D eigenvalue weighted by Gasteiger charge is -2.15. The van der Waals surface area contributed by atoms with E-state index in [9.17, 15) is 0 Å². The number of nitrogens with two attached hydrogens (primary N) is 1. The number of hydrogen-bond donors (Lipinski definition) is 1. The molecule has 0 amide bonds. The second-order valence-electron chi connectivity index (χ2n) is 4.65. The van der Waals surface area contributed by atoms with Crippen LogP contribution in [0.4, 0.5) is 0 Å². The number of rotatable bonds is 10. The average molecular weight is 250 g/mol. The lowest BCUT2D eigenvalue weighted by atomic mass is 10.1. The number of ether oxygens (including phenoxy) is 1. The molecule has 1 unspecified atom stereocenters. The summed E-state index contributed by atoms with van der Waals surface area (Å²) in [5, 5.41) is 0. The molecule has 1 heterocycles. The zero-order valence-electron chi connectivity index (χ0n) is 11.5. The Labute approximate surface area is 111 Å². The Bertz CT molecular complexity index is 290. The van der Waals surface area contributed by atoms with Crippen molar-refractivity contribution in [2.24, 2.45) is 5.73 Å². The molecular formula is C15H26N2O. The maximum atomic E-state index is 5.82. The highest BCUT2D eigenvalue weighted by Crippen LogP contribution is 2.15. The van der Waals surface area contributed by atoms with Gasteiger partial charge in [0, 0.05) is 31.1 Å². The molecule has 2 N–H and O–H groups in total. The van der Waals surface area contributed by atoms with Gasteiger partial charge in [0.1, 0.15) is 0 Å². The SMILES string of the molecule is CCCCCCCCOC(CN)c1cccnc1. The van der Waals surface area contributed by atoms with Crippen LogP contribution in [0.25, 0.3) is 0 Å². The number of hydrogen-bond acceptors (Lipinski definition) is 3. The van der Waals surface area contributed by atoms with Crippen LogP contribution in [0.15, 0.2) is 24.5 Å². The van der Waals surface area contributed by atoms with Gasteiger partial charge in [0.2, 0.25) is 0 Å². The minimum atomic E-state index is -0.00524. The average Bonchev–Trinajstić information content (AvgIpc) is 2.43. The van der Waals surface area contributed by atoms with E-state index in [-0.39, 0.29) is 6.10 Å². The van der Waals surface area contributed by atoms with Crippen LogP contribution in [0.5, 0.6) is 0 Å². The molecule has 1 rings (SSSR count). The lowest BCUT2D eigenvalue weighted by molar-refractivity contribution is 0.0555. The zero-order chi connectivity index (χ0) is 13.1. The van der Waals surface area contributed by atoms with Gasteiger partial charge in [0.05, 0.1) is 6.10 Å². The largest absolute Gasteiger partial charge is 0.372 e. The van der Waals surface area contributed by atoms with Crippen LogP contribution in [0.2, 0.25) is 0 Å². The van der Waals surface area contributed by atoms with Crippen molar-refractivity contribution in [3.05, 3.63) is 30.1 Å². The van der Waals surface area contributed by atoms with Crippen LogP contribution in [0.3, 0.4) is 0 Å². The summed E-state index contributed by atoms with van der Waals surface area (Å²) < 4.78 is 5.82. The number of aromatic nitrogens is 1. The van der Waals surface area contributed by atoms with Gasteiger partial charge in [-0.25, -0.2) is 0 Å². The van der Waals surface area contributed by atoms with Gasteiger partial charge in [-0.2, -0.15) is 0 Å².